The minimum atomic E-state index is -4.28. The average molecular weight is 755 g/mol. The number of unbranched alkanes of at least 4 members (excludes halogenated alkanes) is 21. The summed E-state index contributed by atoms with van der Waals surface area (Å²) in [6.45, 7) is 5.43. The quantitative estimate of drug-likeness (QED) is 0.0286. The Bertz CT molecular complexity index is 947. The summed E-state index contributed by atoms with van der Waals surface area (Å²) in [7, 11) is -4.28. The van der Waals surface area contributed by atoms with Gasteiger partial charge in [0, 0.05) is 12.8 Å². The largest absolute Gasteiger partial charge is 0.472 e. The first-order valence-electron chi connectivity index (χ1n) is 21.3. The summed E-state index contributed by atoms with van der Waals surface area (Å²) in [4.78, 5) is 34.7. The molecule has 2 atom stereocenters. The molecule has 0 saturated carbocycles. The fourth-order valence-electron chi connectivity index (χ4n) is 5.77. The first kappa shape index (κ1) is 50.3. The molecule has 1 N–H and O–H groups in total. The predicted molar refractivity (Wildman–Crippen MR) is 216 cm³/mol. The van der Waals surface area contributed by atoms with Gasteiger partial charge >= 0.3 is 19.8 Å². The van der Waals surface area contributed by atoms with Gasteiger partial charge in [-0.1, -0.05) is 147 Å². The van der Waals surface area contributed by atoms with E-state index in [1.165, 1.54) is 103 Å². The lowest BCUT2D eigenvalue weighted by Gasteiger charge is -2.19. The smallest absolute Gasteiger partial charge is 0.462 e. The lowest BCUT2D eigenvalue weighted by Crippen LogP contribution is -2.29. The number of phosphoric ester groups is 1. The van der Waals surface area contributed by atoms with Crippen molar-refractivity contribution in [2.75, 3.05) is 19.8 Å². The van der Waals surface area contributed by atoms with E-state index >= 15 is 0 Å². The number of ether oxygens (including phenoxy) is 2. The van der Waals surface area contributed by atoms with E-state index in [4.69, 9.17) is 18.5 Å². The van der Waals surface area contributed by atoms with Crippen LogP contribution in [0.4, 0.5) is 0 Å². The maximum absolute atomic E-state index is 12.5. The normalized spacial score (nSPS) is 13.7. The highest BCUT2D eigenvalue weighted by atomic mass is 31.2. The molecule has 0 amide bonds. The van der Waals surface area contributed by atoms with Crippen molar-refractivity contribution < 1.29 is 37.6 Å². The molecular weight excluding hydrogens is 675 g/mol. The van der Waals surface area contributed by atoms with Gasteiger partial charge in [0.25, 0.3) is 0 Å². The summed E-state index contributed by atoms with van der Waals surface area (Å²) in [6, 6.07) is 0. The highest BCUT2D eigenvalue weighted by molar-refractivity contribution is 7.47. The molecule has 0 fully saturated rings. The van der Waals surface area contributed by atoms with Gasteiger partial charge in [0.2, 0.25) is 0 Å². The molecule has 0 heterocycles. The SMILES string of the molecule is CCCCC/C=C\C/C=C\CCCCCCCC(=O)OC(COC(=O)CCCCCCCCC/C=C\CCCCCCCC)COP(=O)(O)OCC. The molecule has 0 aliphatic heterocycles. The van der Waals surface area contributed by atoms with Gasteiger partial charge < -0.3 is 14.4 Å². The molecule has 8 nitrogen and oxygen atoms in total. The summed E-state index contributed by atoms with van der Waals surface area (Å²) < 4.78 is 32.6. The molecule has 0 aromatic rings. The van der Waals surface area contributed by atoms with Gasteiger partial charge in [-0.25, -0.2) is 4.57 Å². The van der Waals surface area contributed by atoms with Gasteiger partial charge in [0.1, 0.15) is 6.61 Å². The van der Waals surface area contributed by atoms with Crippen molar-refractivity contribution in [1.29, 1.82) is 0 Å². The van der Waals surface area contributed by atoms with E-state index in [0.29, 0.717) is 6.42 Å². The third-order valence-electron chi connectivity index (χ3n) is 8.92. The summed E-state index contributed by atoms with van der Waals surface area (Å²) in [6.07, 6.45) is 43.3. The zero-order chi connectivity index (χ0) is 38.2. The number of carbonyl (C=O) groups is 2. The van der Waals surface area contributed by atoms with Gasteiger partial charge in [0.05, 0.1) is 13.2 Å². The first-order chi connectivity index (χ1) is 25.3. The number of allylic oxidation sites excluding steroid dienone is 6. The Morgan fingerprint density at radius 1 is 0.519 bits per heavy atom. The van der Waals surface area contributed by atoms with Crippen molar-refractivity contribution in [3.63, 3.8) is 0 Å². The van der Waals surface area contributed by atoms with Crippen molar-refractivity contribution in [1.82, 2.24) is 0 Å². The maximum Gasteiger partial charge on any atom is 0.472 e. The molecule has 0 aliphatic carbocycles. The fraction of sp³-hybridized carbons (Fsp3) is 0.814. The lowest BCUT2D eigenvalue weighted by atomic mass is 10.1. The molecule has 0 rings (SSSR count). The third-order valence-corrected chi connectivity index (χ3v) is 9.98. The lowest BCUT2D eigenvalue weighted by molar-refractivity contribution is -0.161. The molecule has 0 aromatic carbocycles. The van der Waals surface area contributed by atoms with Crippen molar-refractivity contribution >= 4 is 19.8 Å². The number of carbonyl (C=O) groups excluding carboxylic acids is 2. The Morgan fingerprint density at radius 3 is 1.42 bits per heavy atom. The van der Waals surface area contributed by atoms with Gasteiger partial charge in [-0.15, -0.1) is 0 Å². The van der Waals surface area contributed by atoms with E-state index in [-0.39, 0.29) is 32.0 Å². The van der Waals surface area contributed by atoms with Gasteiger partial charge in [-0.3, -0.25) is 18.6 Å². The minimum absolute atomic E-state index is 0.00323. The first-order valence-corrected chi connectivity index (χ1v) is 22.8. The predicted octanol–water partition coefficient (Wildman–Crippen LogP) is 13.2. The molecule has 0 radical (unpaired) electrons. The molecule has 0 aliphatic rings. The van der Waals surface area contributed by atoms with Crippen molar-refractivity contribution in [3.05, 3.63) is 36.5 Å². The number of esters is 2. The number of hydrogen-bond donors (Lipinski definition) is 1. The highest BCUT2D eigenvalue weighted by Crippen LogP contribution is 2.43. The van der Waals surface area contributed by atoms with Gasteiger partial charge in [-0.2, -0.15) is 0 Å². The molecule has 0 saturated heterocycles. The van der Waals surface area contributed by atoms with Crippen molar-refractivity contribution in [2.24, 2.45) is 0 Å². The van der Waals surface area contributed by atoms with E-state index in [0.717, 1.165) is 57.8 Å². The van der Waals surface area contributed by atoms with Crippen LogP contribution in [-0.2, 0) is 32.7 Å². The fourth-order valence-corrected chi connectivity index (χ4v) is 6.53. The van der Waals surface area contributed by atoms with E-state index in [9.17, 15) is 19.0 Å². The van der Waals surface area contributed by atoms with Crippen LogP contribution in [-0.4, -0.2) is 42.8 Å². The van der Waals surface area contributed by atoms with Crippen LogP contribution in [0.1, 0.15) is 201 Å². The van der Waals surface area contributed by atoms with Crippen molar-refractivity contribution in [3.8, 4) is 0 Å². The Labute approximate surface area is 319 Å². The van der Waals surface area contributed by atoms with Crippen LogP contribution < -0.4 is 0 Å². The zero-order valence-electron chi connectivity index (χ0n) is 33.7. The molecule has 9 heteroatoms. The van der Waals surface area contributed by atoms with Gasteiger partial charge in [-0.05, 0) is 77.6 Å². The van der Waals surface area contributed by atoms with Crippen LogP contribution in [0.15, 0.2) is 36.5 Å². The van der Waals surface area contributed by atoms with E-state index in [2.05, 4.69) is 50.3 Å². The van der Waals surface area contributed by atoms with Crippen LogP contribution in [0.25, 0.3) is 0 Å². The van der Waals surface area contributed by atoms with E-state index < -0.39 is 26.5 Å². The maximum atomic E-state index is 12.5. The summed E-state index contributed by atoms with van der Waals surface area (Å²) in [5, 5.41) is 0. The number of phosphoric acid groups is 1. The summed E-state index contributed by atoms with van der Waals surface area (Å²) >= 11 is 0. The Morgan fingerprint density at radius 2 is 0.923 bits per heavy atom. The monoisotopic (exact) mass is 755 g/mol. The average Bonchev–Trinajstić information content (AvgIpc) is 3.12. The zero-order valence-corrected chi connectivity index (χ0v) is 34.6. The molecule has 0 bridgehead atoms. The molecule has 52 heavy (non-hydrogen) atoms. The highest BCUT2D eigenvalue weighted by Gasteiger charge is 2.25. The summed E-state index contributed by atoms with van der Waals surface area (Å²) in [5.41, 5.74) is 0. The number of rotatable bonds is 39. The standard InChI is InChI=1S/C43H79O8P/c1-4-7-9-11-13-15-17-19-21-22-24-25-27-29-31-33-35-37-42(44)48-39-41(40-50-52(46,47)49-6-3)51-43(45)38-36-34-32-30-28-26-23-20-18-16-14-12-10-8-5-2/h14,16,19-21,23,41H,4-13,15,17-18,22,24-40H2,1-3H3,(H,46,47)/b16-14-,21-19-,23-20-. The van der Waals surface area contributed by atoms with Crippen LogP contribution >= 0.6 is 7.82 Å². The second-order valence-electron chi connectivity index (χ2n) is 14.0. The van der Waals surface area contributed by atoms with E-state index in [1.54, 1.807) is 6.92 Å². The Balaban J connectivity index is 4.11. The second-order valence-corrected chi connectivity index (χ2v) is 15.5. The summed E-state index contributed by atoms with van der Waals surface area (Å²) in [5.74, 6) is -0.816. The van der Waals surface area contributed by atoms with Crippen LogP contribution in [0.2, 0.25) is 0 Å². The number of hydrogen-bond acceptors (Lipinski definition) is 7. The van der Waals surface area contributed by atoms with E-state index in [1.807, 2.05) is 0 Å². The minimum Gasteiger partial charge on any atom is -0.462 e. The van der Waals surface area contributed by atoms with Crippen molar-refractivity contribution in [2.45, 2.75) is 207 Å². The second kappa shape index (κ2) is 39.0. The topological polar surface area (TPSA) is 108 Å². The molecular formula is C43H79O8P. The Hall–Kier alpha value is -1.73. The molecule has 0 spiro atoms. The van der Waals surface area contributed by atoms with Crippen LogP contribution in [0.3, 0.4) is 0 Å². The van der Waals surface area contributed by atoms with Gasteiger partial charge in [0.15, 0.2) is 6.10 Å². The third kappa shape index (κ3) is 38.0. The van der Waals surface area contributed by atoms with Crippen LogP contribution in [0, 0.1) is 0 Å². The molecule has 304 valence electrons. The van der Waals surface area contributed by atoms with Crippen LogP contribution in [0.5, 0.6) is 0 Å². The molecule has 2 unspecified atom stereocenters. The Kier molecular flexibility index (Phi) is 37.7. The molecule has 0 aromatic heterocycles.